The zero-order valence-electron chi connectivity index (χ0n) is 13.9. The Balaban J connectivity index is 2.25. The summed E-state index contributed by atoms with van der Waals surface area (Å²) in [7, 11) is 0. The number of aliphatic imine (C=N–C) groups is 1. The van der Waals surface area contributed by atoms with Crippen molar-refractivity contribution in [3.8, 4) is 0 Å². The van der Waals surface area contributed by atoms with Crippen LogP contribution in [-0.2, 0) is 20.0 Å². The number of hydrogen-bond donors (Lipinski definition) is 1. The van der Waals surface area contributed by atoms with E-state index in [9.17, 15) is 18.0 Å². The first-order valence-electron chi connectivity index (χ1n) is 7.54. The van der Waals surface area contributed by atoms with Gasteiger partial charge in [-0.1, -0.05) is 28.4 Å². The van der Waals surface area contributed by atoms with Crippen LogP contribution in [0.1, 0.15) is 18.9 Å². The molecule has 0 aliphatic carbocycles. The minimum atomic E-state index is -4.82. The molecule has 1 atom stereocenters. The van der Waals surface area contributed by atoms with E-state index in [0.717, 1.165) is 24.4 Å². The molecule has 1 aliphatic rings. The molecule has 0 spiro atoms. The molecule has 0 saturated carbocycles. The number of allylic oxidation sites excluding steroid dienone is 1. The van der Waals surface area contributed by atoms with E-state index in [2.05, 4.69) is 14.9 Å². The summed E-state index contributed by atoms with van der Waals surface area (Å²) in [6, 6.07) is 3.50. The number of nitrogens with two attached hydrogens (primary N) is 1. The van der Waals surface area contributed by atoms with Gasteiger partial charge in [0, 0.05) is 21.8 Å². The monoisotopic (exact) mass is 423 g/mol. The van der Waals surface area contributed by atoms with Crippen LogP contribution in [0.15, 0.2) is 40.1 Å². The minimum absolute atomic E-state index is 0.0202. The molecule has 0 radical (unpaired) electrons. The highest BCUT2D eigenvalue weighted by atomic mass is 35.5. The van der Waals surface area contributed by atoms with Gasteiger partial charge in [-0.2, -0.15) is 13.2 Å². The Morgan fingerprint density at radius 1 is 1.41 bits per heavy atom. The quantitative estimate of drug-likeness (QED) is 0.451. The zero-order valence-corrected chi connectivity index (χ0v) is 15.4. The summed E-state index contributed by atoms with van der Waals surface area (Å²) in [4.78, 5) is 19.8. The van der Waals surface area contributed by atoms with Gasteiger partial charge in [0.05, 0.1) is 13.0 Å². The maximum atomic E-state index is 13.7. The Morgan fingerprint density at radius 2 is 2.04 bits per heavy atom. The normalized spacial score (nSPS) is 20.5. The first-order valence-corrected chi connectivity index (χ1v) is 8.30. The molecule has 27 heavy (non-hydrogen) atoms. The van der Waals surface area contributed by atoms with Gasteiger partial charge >= 0.3 is 12.1 Å². The number of esters is 1. The van der Waals surface area contributed by atoms with E-state index < -0.39 is 24.2 Å². The molecule has 0 saturated heterocycles. The number of carbonyl (C=O) groups is 1. The lowest BCUT2D eigenvalue weighted by atomic mass is 9.89. The van der Waals surface area contributed by atoms with E-state index in [1.807, 2.05) is 0 Å². The first kappa shape index (κ1) is 21.0. The summed E-state index contributed by atoms with van der Waals surface area (Å²) in [5.74, 6) is -1.02. The second-order valence-corrected chi connectivity index (χ2v) is 6.25. The van der Waals surface area contributed by atoms with Gasteiger partial charge in [0.25, 0.3) is 5.60 Å². The largest absolute Gasteiger partial charge is 0.461 e. The van der Waals surface area contributed by atoms with Crippen molar-refractivity contribution in [2.24, 2.45) is 15.9 Å². The van der Waals surface area contributed by atoms with Gasteiger partial charge in [0.15, 0.2) is 5.84 Å². The molecule has 0 amide bonds. The maximum absolute atomic E-state index is 13.7. The van der Waals surface area contributed by atoms with Crippen molar-refractivity contribution in [1.82, 2.24) is 0 Å². The predicted molar refractivity (Wildman–Crippen MR) is 94.7 cm³/mol. The fourth-order valence-electron chi connectivity index (χ4n) is 2.23. The minimum Gasteiger partial charge on any atom is -0.461 e. The van der Waals surface area contributed by atoms with Crippen molar-refractivity contribution in [2.75, 3.05) is 6.61 Å². The number of oxime groups is 1. The van der Waals surface area contributed by atoms with Crippen LogP contribution in [0.2, 0.25) is 10.0 Å². The molecule has 1 heterocycles. The predicted octanol–water partition coefficient (Wildman–Crippen LogP) is 3.96. The molecule has 1 unspecified atom stereocenters. The lowest BCUT2D eigenvalue weighted by Gasteiger charge is -2.29. The SMILES string of the molecule is CCOC(=O)C(N)=CC=NC1=NOC(c2cc(Cl)cc(Cl)c2)(C(F)(F)F)C1. The second-order valence-electron chi connectivity index (χ2n) is 5.38. The number of benzene rings is 1. The highest BCUT2D eigenvalue weighted by Gasteiger charge is 2.62. The Bertz CT molecular complexity index is 805. The number of hydrogen-bond acceptors (Lipinski definition) is 6. The van der Waals surface area contributed by atoms with Crippen LogP contribution in [0.4, 0.5) is 13.2 Å². The number of carbonyl (C=O) groups excluding carboxylic acids is 1. The first-order chi connectivity index (χ1) is 12.6. The summed E-state index contributed by atoms with van der Waals surface area (Å²) in [5, 5.41) is 3.44. The molecule has 2 N–H and O–H groups in total. The van der Waals surface area contributed by atoms with Crippen molar-refractivity contribution in [2.45, 2.75) is 25.1 Å². The van der Waals surface area contributed by atoms with Crippen LogP contribution in [0.25, 0.3) is 0 Å². The number of amidine groups is 1. The van der Waals surface area contributed by atoms with Gasteiger partial charge < -0.3 is 15.3 Å². The van der Waals surface area contributed by atoms with Crippen molar-refractivity contribution >= 4 is 41.2 Å². The van der Waals surface area contributed by atoms with Crippen LogP contribution in [0, 0.1) is 0 Å². The Labute approximate surface area is 162 Å². The van der Waals surface area contributed by atoms with Crippen LogP contribution in [0.5, 0.6) is 0 Å². The summed E-state index contributed by atoms with van der Waals surface area (Å²) in [6.45, 7) is 1.73. The van der Waals surface area contributed by atoms with E-state index in [-0.39, 0.29) is 33.7 Å². The van der Waals surface area contributed by atoms with E-state index in [1.165, 1.54) is 6.07 Å². The molecule has 0 fully saturated rings. The third kappa shape index (κ3) is 4.72. The van der Waals surface area contributed by atoms with Crippen molar-refractivity contribution < 1.29 is 27.5 Å². The summed E-state index contributed by atoms with van der Waals surface area (Å²) < 4.78 is 45.9. The maximum Gasteiger partial charge on any atom is 0.435 e. The van der Waals surface area contributed by atoms with E-state index in [1.54, 1.807) is 6.92 Å². The molecule has 1 aromatic carbocycles. The van der Waals surface area contributed by atoms with Gasteiger partial charge in [-0.25, -0.2) is 9.79 Å². The lowest BCUT2D eigenvalue weighted by molar-refractivity contribution is -0.275. The molecular weight excluding hydrogens is 410 g/mol. The molecule has 146 valence electrons. The average molecular weight is 424 g/mol. The third-order valence-electron chi connectivity index (χ3n) is 3.49. The van der Waals surface area contributed by atoms with Gasteiger partial charge in [-0.3, -0.25) is 0 Å². The van der Waals surface area contributed by atoms with E-state index in [0.29, 0.717) is 0 Å². The fourth-order valence-corrected chi connectivity index (χ4v) is 2.76. The average Bonchev–Trinajstić information content (AvgIpc) is 2.99. The Kier molecular flexibility index (Phi) is 6.38. The highest BCUT2D eigenvalue weighted by Crippen LogP contribution is 2.49. The molecule has 6 nitrogen and oxygen atoms in total. The molecular formula is C16H14Cl2F3N3O3. The Hall–Kier alpha value is -2.26. The standard InChI is InChI=1S/C16H14Cl2F3N3O3/c1-2-26-14(25)12(22)3-4-23-13-8-15(27-24-13,16(19,20)21)9-5-10(17)7-11(18)6-9/h3-7H,2,8,22H2,1H3. The number of rotatable bonds is 4. The van der Waals surface area contributed by atoms with Gasteiger partial charge in [0.2, 0.25) is 0 Å². The molecule has 2 rings (SSSR count). The van der Waals surface area contributed by atoms with E-state index in [4.69, 9.17) is 33.8 Å². The number of halogens is 5. The van der Waals surface area contributed by atoms with E-state index >= 15 is 0 Å². The smallest absolute Gasteiger partial charge is 0.435 e. The topological polar surface area (TPSA) is 86.3 Å². The fraction of sp³-hybridized carbons (Fsp3) is 0.312. The zero-order chi connectivity index (χ0) is 20.2. The van der Waals surface area contributed by atoms with Crippen LogP contribution in [0.3, 0.4) is 0 Å². The number of ether oxygens (including phenoxy) is 1. The number of nitrogens with zero attached hydrogens (tertiary/aromatic N) is 2. The van der Waals surface area contributed by atoms with Crippen LogP contribution >= 0.6 is 23.2 Å². The molecule has 1 aliphatic heterocycles. The Morgan fingerprint density at radius 3 is 2.59 bits per heavy atom. The molecule has 1 aromatic rings. The molecule has 11 heteroatoms. The molecule has 0 bridgehead atoms. The highest BCUT2D eigenvalue weighted by molar-refractivity contribution is 6.34. The summed E-state index contributed by atoms with van der Waals surface area (Å²) in [5.41, 5.74) is 2.11. The molecule has 0 aromatic heterocycles. The van der Waals surface area contributed by atoms with Crippen LogP contribution in [-0.4, -0.2) is 30.8 Å². The van der Waals surface area contributed by atoms with Crippen LogP contribution < -0.4 is 5.73 Å². The third-order valence-corrected chi connectivity index (χ3v) is 3.93. The van der Waals surface area contributed by atoms with Gasteiger partial charge in [-0.05, 0) is 31.2 Å². The summed E-state index contributed by atoms with van der Waals surface area (Å²) in [6.07, 6.45) is -3.41. The van der Waals surface area contributed by atoms with Gasteiger partial charge in [0.1, 0.15) is 5.70 Å². The number of alkyl halides is 3. The summed E-state index contributed by atoms with van der Waals surface area (Å²) >= 11 is 11.6. The van der Waals surface area contributed by atoms with Crippen molar-refractivity contribution in [3.05, 3.63) is 45.6 Å². The van der Waals surface area contributed by atoms with Crippen molar-refractivity contribution in [3.63, 3.8) is 0 Å². The lowest BCUT2D eigenvalue weighted by Crippen LogP contribution is -2.42. The van der Waals surface area contributed by atoms with Crippen molar-refractivity contribution in [1.29, 1.82) is 0 Å². The second kappa shape index (κ2) is 8.18. The van der Waals surface area contributed by atoms with Gasteiger partial charge in [-0.15, -0.1) is 0 Å².